The van der Waals surface area contributed by atoms with Crippen molar-refractivity contribution < 1.29 is 8.83 Å². The van der Waals surface area contributed by atoms with E-state index in [0.717, 1.165) is 23.1 Å². The van der Waals surface area contributed by atoms with Gasteiger partial charge in [-0.3, -0.25) is 4.57 Å². The highest BCUT2D eigenvalue weighted by Crippen LogP contribution is 2.36. The van der Waals surface area contributed by atoms with E-state index in [9.17, 15) is 0 Å². The summed E-state index contributed by atoms with van der Waals surface area (Å²) in [5.74, 6) is 2.94. The van der Waals surface area contributed by atoms with Gasteiger partial charge in [-0.1, -0.05) is 43.8 Å². The van der Waals surface area contributed by atoms with Gasteiger partial charge in [0.15, 0.2) is 16.7 Å². The molecule has 1 unspecified atom stereocenters. The predicted molar refractivity (Wildman–Crippen MR) is 107 cm³/mol. The number of rotatable bonds is 7. The molecule has 7 nitrogen and oxygen atoms in total. The van der Waals surface area contributed by atoms with Crippen molar-refractivity contribution in [3.63, 3.8) is 0 Å². The second-order valence-corrected chi connectivity index (χ2v) is 8.17. The maximum Gasteiger partial charge on any atom is 0.247 e. The van der Waals surface area contributed by atoms with Crippen LogP contribution in [0.15, 0.2) is 62.7 Å². The minimum Gasteiger partial charge on any atom is -0.461 e. The molecule has 0 bridgehead atoms. The quantitative estimate of drug-likeness (QED) is 0.403. The van der Waals surface area contributed by atoms with E-state index >= 15 is 0 Å². The van der Waals surface area contributed by atoms with E-state index in [1.807, 2.05) is 49.4 Å². The first-order chi connectivity index (χ1) is 13.6. The SMILES string of the molecule is CC(C)Cn1c(SC(C)c2nnc(-c3ccccc3)o2)nnc1-c1ccco1. The van der Waals surface area contributed by atoms with Crippen LogP contribution in [0, 0.1) is 5.92 Å². The second kappa shape index (κ2) is 8.02. The van der Waals surface area contributed by atoms with Crippen molar-refractivity contribution in [1.29, 1.82) is 0 Å². The number of thioether (sulfide) groups is 1. The summed E-state index contributed by atoms with van der Waals surface area (Å²) in [6, 6.07) is 13.5. The summed E-state index contributed by atoms with van der Waals surface area (Å²) in [5, 5.41) is 17.9. The van der Waals surface area contributed by atoms with Crippen molar-refractivity contribution in [2.45, 2.75) is 37.7 Å². The Labute approximate surface area is 167 Å². The van der Waals surface area contributed by atoms with Gasteiger partial charge >= 0.3 is 0 Å². The molecule has 1 aromatic carbocycles. The summed E-state index contributed by atoms with van der Waals surface area (Å²) in [6.07, 6.45) is 1.64. The maximum absolute atomic E-state index is 5.88. The largest absolute Gasteiger partial charge is 0.461 e. The molecule has 1 atom stereocenters. The Hall–Kier alpha value is -2.87. The molecular weight excluding hydrogens is 374 g/mol. The number of furan rings is 1. The number of hydrogen-bond acceptors (Lipinski definition) is 7. The van der Waals surface area contributed by atoms with Gasteiger partial charge < -0.3 is 8.83 Å². The van der Waals surface area contributed by atoms with Crippen molar-refractivity contribution in [1.82, 2.24) is 25.0 Å². The molecule has 0 spiro atoms. The lowest BCUT2D eigenvalue weighted by Crippen LogP contribution is -2.08. The van der Waals surface area contributed by atoms with E-state index in [1.54, 1.807) is 18.0 Å². The molecule has 0 fully saturated rings. The average molecular weight is 395 g/mol. The van der Waals surface area contributed by atoms with E-state index in [-0.39, 0.29) is 5.25 Å². The number of aromatic nitrogens is 5. The third kappa shape index (κ3) is 3.87. The molecule has 28 heavy (non-hydrogen) atoms. The van der Waals surface area contributed by atoms with Crippen LogP contribution in [0.4, 0.5) is 0 Å². The predicted octanol–water partition coefficient (Wildman–Crippen LogP) is 5.10. The highest BCUT2D eigenvalue weighted by molar-refractivity contribution is 7.99. The first-order valence-electron chi connectivity index (χ1n) is 9.14. The second-order valence-electron chi connectivity index (χ2n) is 6.86. The molecule has 0 amide bonds. The van der Waals surface area contributed by atoms with E-state index in [2.05, 4.69) is 38.8 Å². The molecule has 0 aliphatic rings. The van der Waals surface area contributed by atoms with Crippen LogP contribution in [0.25, 0.3) is 23.0 Å². The van der Waals surface area contributed by atoms with Gasteiger partial charge in [-0.25, -0.2) is 0 Å². The van der Waals surface area contributed by atoms with Crippen LogP contribution in [-0.2, 0) is 6.54 Å². The van der Waals surface area contributed by atoms with Gasteiger partial charge in [-0.15, -0.1) is 20.4 Å². The van der Waals surface area contributed by atoms with Crippen LogP contribution in [0.3, 0.4) is 0 Å². The molecule has 4 aromatic rings. The lowest BCUT2D eigenvalue weighted by Gasteiger charge is -2.12. The van der Waals surface area contributed by atoms with E-state index in [4.69, 9.17) is 8.83 Å². The van der Waals surface area contributed by atoms with Gasteiger partial charge in [0.2, 0.25) is 11.8 Å². The molecule has 4 rings (SSSR count). The highest BCUT2D eigenvalue weighted by Gasteiger charge is 2.22. The van der Waals surface area contributed by atoms with Crippen LogP contribution in [0.2, 0.25) is 0 Å². The third-order valence-electron chi connectivity index (χ3n) is 4.10. The van der Waals surface area contributed by atoms with Crippen LogP contribution < -0.4 is 0 Å². The van der Waals surface area contributed by atoms with Crippen LogP contribution >= 0.6 is 11.8 Å². The van der Waals surface area contributed by atoms with E-state index in [1.165, 1.54) is 0 Å². The summed E-state index contributed by atoms with van der Waals surface area (Å²) in [7, 11) is 0. The van der Waals surface area contributed by atoms with Crippen molar-refractivity contribution >= 4 is 11.8 Å². The molecule has 3 aromatic heterocycles. The molecular formula is C20H21N5O2S. The monoisotopic (exact) mass is 395 g/mol. The van der Waals surface area contributed by atoms with Gasteiger partial charge in [0.05, 0.1) is 11.5 Å². The molecule has 0 aliphatic carbocycles. The van der Waals surface area contributed by atoms with E-state index < -0.39 is 0 Å². The smallest absolute Gasteiger partial charge is 0.247 e. The van der Waals surface area contributed by atoms with Crippen LogP contribution in [-0.4, -0.2) is 25.0 Å². The fourth-order valence-electron chi connectivity index (χ4n) is 2.80. The molecule has 0 N–H and O–H groups in total. The number of benzene rings is 1. The van der Waals surface area contributed by atoms with E-state index in [0.29, 0.717) is 23.5 Å². The van der Waals surface area contributed by atoms with Gasteiger partial charge in [0.1, 0.15) is 0 Å². The molecule has 8 heteroatoms. The first kappa shape index (κ1) is 18.5. The Kier molecular flexibility index (Phi) is 5.29. The standard InChI is InChI=1S/C20H21N5O2S/c1-13(2)12-25-17(16-10-7-11-26-16)21-24-20(25)28-14(3)18-22-23-19(27-18)15-8-5-4-6-9-15/h4-11,13-14H,12H2,1-3H3. The molecule has 0 radical (unpaired) electrons. The van der Waals surface area contributed by atoms with Crippen molar-refractivity contribution in [3.05, 3.63) is 54.6 Å². The van der Waals surface area contributed by atoms with Crippen LogP contribution in [0.5, 0.6) is 0 Å². The Bertz CT molecular complexity index is 1020. The molecule has 0 aliphatic heterocycles. The minimum atomic E-state index is -0.0653. The summed E-state index contributed by atoms with van der Waals surface area (Å²) in [5.41, 5.74) is 0.904. The molecule has 3 heterocycles. The normalized spacial score (nSPS) is 12.6. The summed E-state index contributed by atoms with van der Waals surface area (Å²) in [6.45, 7) is 7.13. The molecule has 144 valence electrons. The van der Waals surface area contributed by atoms with Crippen molar-refractivity contribution in [2.75, 3.05) is 0 Å². The fraction of sp³-hybridized carbons (Fsp3) is 0.300. The van der Waals surface area contributed by atoms with Gasteiger partial charge in [-0.2, -0.15) is 0 Å². The summed E-state index contributed by atoms with van der Waals surface area (Å²) in [4.78, 5) is 0. The Balaban J connectivity index is 1.58. The Morgan fingerprint density at radius 1 is 0.964 bits per heavy atom. The third-order valence-corrected chi connectivity index (χ3v) is 5.17. The lowest BCUT2D eigenvalue weighted by atomic mass is 10.2. The van der Waals surface area contributed by atoms with Crippen molar-refractivity contribution in [2.24, 2.45) is 5.92 Å². The number of nitrogens with zero attached hydrogens (tertiary/aromatic N) is 5. The number of hydrogen-bond donors (Lipinski definition) is 0. The Morgan fingerprint density at radius 3 is 2.50 bits per heavy atom. The summed E-state index contributed by atoms with van der Waals surface area (Å²) >= 11 is 1.54. The van der Waals surface area contributed by atoms with Gasteiger partial charge in [0, 0.05) is 12.1 Å². The molecule has 0 saturated carbocycles. The zero-order chi connectivity index (χ0) is 19.5. The zero-order valence-electron chi connectivity index (χ0n) is 15.9. The van der Waals surface area contributed by atoms with Gasteiger partial charge in [0.25, 0.3) is 0 Å². The van der Waals surface area contributed by atoms with Gasteiger partial charge in [-0.05, 0) is 37.1 Å². The maximum atomic E-state index is 5.88. The average Bonchev–Trinajstić information content (AvgIpc) is 3.43. The minimum absolute atomic E-state index is 0.0653. The van der Waals surface area contributed by atoms with Crippen LogP contribution in [0.1, 0.15) is 31.9 Å². The lowest BCUT2D eigenvalue weighted by molar-refractivity contribution is 0.486. The summed E-state index contributed by atoms with van der Waals surface area (Å²) < 4.78 is 13.5. The zero-order valence-corrected chi connectivity index (χ0v) is 16.8. The molecule has 0 saturated heterocycles. The first-order valence-corrected chi connectivity index (χ1v) is 10.0. The Morgan fingerprint density at radius 2 is 1.79 bits per heavy atom. The van der Waals surface area contributed by atoms with Crippen molar-refractivity contribution in [3.8, 4) is 23.0 Å². The highest BCUT2D eigenvalue weighted by atomic mass is 32.2. The fourth-order valence-corrected chi connectivity index (χ4v) is 3.69. The topological polar surface area (TPSA) is 82.8 Å².